The molecular weight excluding hydrogens is 366 g/mol. The Morgan fingerprint density at radius 3 is 2.34 bits per heavy atom. The van der Waals surface area contributed by atoms with E-state index < -0.39 is 5.60 Å². The predicted octanol–water partition coefficient (Wildman–Crippen LogP) is 4.04. The number of carbonyl (C=O) groups excluding carboxylic acids is 1. The lowest BCUT2D eigenvalue weighted by atomic mass is 9.81. The van der Waals surface area contributed by atoms with E-state index >= 15 is 0 Å². The summed E-state index contributed by atoms with van der Waals surface area (Å²) in [6.07, 6.45) is 6.99. The van der Waals surface area contributed by atoms with Crippen molar-refractivity contribution in [2.24, 2.45) is 5.92 Å². The molecule has 6 nitrogen and oxygen atoms in total. The van der Waals surface area contributed by atoms with Crippen LogP contribution in [-0.2, 0) is 9.47 Å². The Labute approximate surface area is 175 Å². The van der Waals surface area contributed by atoms with Gasteiger partial charge in [0.2, 0.25) is 0 Å². The van der Waals surface area contributed by atoms with E-state index in [1.807, 2.05) is 33.8 Å². The molecule has 0 aromatic rings. The zero-order valence-electron chi connectivity index (χ0n) is 18.5. The molecule has 0 aromatic heterocycles. The fourth-order valence-corrected chi connectivity index (χ4v) is 3.94. The molecule has 2 fully saturated rings. The summed E-state index contributed by atoms with van der Waals surface area (Å²) in [6, 6.07) is 0. The monoisotopic (exact) mass is 403 g/mol. The molecule has 1 N–H and O–H groups in total. The molecule has 6 heteroatoms. The SMILES string of the molecule is C=C/C=C(\C=C)C(=N)C1(N2CCC(CN(CC)C(=O)OC(C)(C)C)CC2)COC1. The topological polar surface area (TPSA) is 65.9 Å². The number of nitrogens with zero attached hydrogens (tertiary/aromatic N) is 2. The molecule has 2 aliphatic rings. The van der Waals surface area contributed by atoms with E-state index in [2.05, 4.69) is 18.1 Å². The maximum atomic E-state index is 12.4. The highest BCUT2D eigenvalue weighted by Crippen LogP contribution is 2.33. The normalized spacial score (nSPS) is 20.5. The van der Waals surface area contributed by atoms with Crippen LogP contribution in [0.5, 0.6) is 0 Å². The number of allylic oxidation sites excluding steroid dienone is 3. The van der Waals surface area contributed by atoms with E-state index in [-0.39, 0.29) is 11.6 Å². The number of hydrogen-bond acceptors (Lipinski definition) is 5. The van der Waals surface area contributed by atoms with Crippen molar-refractivity contribution in [1.82, 2.24) is 9.80 Å². The highest BCUT2D eigenvalue weighted by atomic mass is 16.6. The summed E-state index contributed by atoms with van der Waals surface area (Å²) in [6.45, 7) is 19.5. The first kappa shape index (κ1) is 23.4. The third-order valence-electron chi connectivity index (χ3n) is 5.68. The number of piperidine rings is 1. The second kappa shape index (κ2) is 9.72. The molecule has 2 aliphatic heterocycles. The van der Waals surface area contributed by atoms with Gasteiger partial charge in [-0.2, -0.15) is 0 Å². The van der Waals surface area contributed by atoms with Crippen molar-refractivity contribution >= 4 is 11.8 Å². The van der Waals surface area contributed by atoms with Gasteiger partial charge >= 0.3 is 6.09 Å². The Morgan fingerprint density at radius 2 is 1.93 bits per heavy atom. The number of nitrogens with one attached hydrogen (secondary N) is 1. The van der Waals surface area contributed by atoms with Gasteiger partial charge in [-0.15, -0.1) is 0 Å². The summed E-state index contributed by atoms with van der Waals surface area (Å²) in [7, 11) is 0. The molecule has 0 radical (unpaired) electrons. The van der Waals surface area contributed by atoms with Crippen molar-refractivity contribution < 1.29 is 14.3 Å². The number of likely N-dealkylation sites (tertiary alicyclic amines) is 1. The average molecular weight is 404 g/mol. The molecule has 2 heterocycles. The van der Waals surface area contributed by atoms with Gasteiger partial charge in [0, 0.05) is 13.1 Å². The van der Waals surface area contributed by atoms with Crippen LogP contribution >= 0.6 is 0 Å². The van der Waals surface area contributed by atoms with Gasteiger partial charge < -0.3 is 19.8 Å². The van der Waals surface area contributed by atoms with Crippen molar-refractivity contribution in [1.29, 1.82) is 5.41 Å². The molecule has 2 saturated heterocycles. The summed E-state index contributed by atoms with van der Waals surface area (Å²) in [5.74, 6) is 0.438. The number of carbonyl (C=O) groups is 1. The highest BCUT2D eigenvalue weighted by molar-refractivity contribution is 6.07. The van der Waals surface area contributed by atoms with Gasteiger partial charge in [0.05, 0.1) is 18.9 Å². The van der Waals surface area contributed by atoms with Gasteiger partial charge in [0.25, 0.3) is 0 Å². The quantitative estimate of drug-likeness (QED) is 0.491. The van der Waals surface area contributed by atoms with Crippen molar-refractivity contribution in [3.05, 3.63) is 37.0 Å². The molecule has 0 aliphatic carbocycles. The zero-order valence-corrected chi connectivity index (χ0v) is 18.5. The van der Waals surface area contributed by atoms with E-state index in [1.165, 1.54) is 0 Å². The Kier molecular flexibility index (Phi) is 7.83. The summed E-state index contributed by atoms with van der Waals surface area (Å²) >= 11 is 0. The van der Waals surface area contributed by atoms with Crippen LogP contribution in [0.15, 0.2) is 37.0 Å². The first-order chi connectivity index (χ1) is 13.7. The standard InChI is InChI=1S/C23H37N3O3/c1-7-10-19(8-2)20(24)23(16-28-17-23)26-13-11-18(12-14-26)15-25(9-3)21(27)29-22(4,5)6/h7-8,10,18,24H,1-2,9,11-17H2,3-6H3/b19-10+,24-20?. The second-order valence-corrected chi connectivity index (χ2v) is 8.91. The van der Waals surface area contributed by atoms with Crippen molar-refractivity contribution in [2.45, 2.75) is 51.7 Å². The minimum atomic E-state index is -0.480. The fraction of sp³-hybridized carbons (Fsp3) is 0.652. The van der Waals surface area contributed by atoms with E-state index in [1.54, 1.807) is 17.1 Å². The van der Waals surface area contributed by atoms with Gasteiger partial charge in [0.1, 0.15) is 11.1 Å². The van der Waals surface area contributed by atoms with Crippen LogP contribution < -0.4 is 0 Å². The Hall–Kier alpha value is -1.92. The van der Waals surface area contributed by atoms with E-state index in [0.717, 1.165) is 31.5 Å². The molecule has 0 unspecified atom stereocenters. The van der Waals surface area contributed by atoms with Crippen molar-refractivity contribution in [2.75, 3.05) is 39.4 Å². The van der Waals surface area contributed by atoms with E-state index in [9.17, 15) is 4.79 Å². The molecular formula is C23H37N3O3. The second-order valence-electron chi connectivity index (χ2n) is 8.91. The minimum absolute atomic E-state index is 0.238. The molecule has 1 amide bonds. The Balaban J connectivity index is 1.97. The maximum absolute atomic E-state index is 12.4. The molecule has 0 saturated carbocycles. The zero-order chi connectivity index (χ0) is 21.7. The third-order valence-corrected chi connectivity index (χ3v) is 5.68. The van der Waals surface area contributed by atoms with Crippen LogP contribution in [0.25, 0.3) is 0 Å². The minimum Gasteiger partial charge on any atom is -0.444 e. The largest absolute Gasteiger partial charge is 0.444 e. The van der Waals surface area contributed by atoms with Crippen LogP contribution in [0.2, 0.25) is 0 Å². The molecule has 0 spiro atoms. The number of ether oxygens (including phenoxy) is 2. The predicted molar refractivity (Wildman–Crippen MR) is 118 cm³/mol. The first-order valence-corrected chi connectivity index (χ1v) is 10.5. The van der Waals surface area contributed by atoms with E-state index in [4.69, 9.17) is 14.9 Å². The molecule has 29 heavy (non-hydrogen) atoms. The summed E-state index contributed by atoms with van der Waals surface area (Å²) in [5, 5.41) is 8.75. The molecule has 162 valence electrons. The van der Waals surface area contributed by atoms with Gasteiger partial charge in [-0.05, 0) is 65.1 Å². The van der Waals surface area contributed by atoms with Crippen LogP contribution in [-0.4, -0.2) is 72.1 Å². The maximum Gasteiger partial charge on any atom is 0.410 e. The van der Waals surface area contributed by atoms with Gasteiger partial charge in [0.15, 0.2) is 0 Å². The first-order valence-electron chi connectivity index (χ1n) is 10.5. The lowest BCUT2D eigenvalue weighted by Gasteiger charge is -2.52. The molecule has 0 aromatic carbocycles. The van der Waals surface area contributed by atoms with Gasteiger partial charge in [-0.3, -0.25) is 4.90 Å². The highest BCUT2D eigenvalue weighted by Gasteiger charge is 2.49. The number of amides is 1. The van der Waals surface area contributed by atoms with Gasteiger partial charge in [-0.25, -0.2) is 4.79 Å². The third kappa shape index (κ3) is 5.58. The summed E-state index contributed by atoms with van der Waals surface area (Å²) in [4.78, 5) is 16.6. The van der Waals surface area contributed by atoms with Crippen LogP contribution in [0, 0.1) is 11.3 Å². The van der Waals surface area contributed by atoms with Crippen LogP contribution in [0.1, 0.15) is 40.5 Å². The van der Waals surface area contributed by atoms with Gasteiger partial charge in [-0.1, -0.05) is 31.4 Å². The molecule has 0 bridgehead atoms. The Morgan fingerprint density at radius 1 is 1.31 bits per heavy atom. The lowest BCUT2D eigenvalue weighted by Crippen LogP contribution is -2.68. The van der Waals surface area contributed by atoms with Crippen molar-refractivity contribution in [3.8, 4) is 0 Å². The Bertz CT molecular complexity index is 651. The molecule has 0 atom stereocenters. The van der Waals surface area contributed by atoms with Crippen LogP contribution in [0.3, 0.4) is 0 Å². The van der Waals surface area contributed by atoms with Crippen LogP contribution in [0.4, 0.5) is 4.79 Å². The molecule has 2 rings (SSSR count). The van der Waals surface area contributed by atoms with E-state index in [0.29, 0.717) is 37.9 Å². The summed E-state index contributed by atoms with van der Waals surface area (Å²) < 4.78 is 11.1. The number of hydrogen-bond donors (Lipinski definition) is 1. The number of rotatable bonds is 8. The van der Waals surface area contributed by atoms with Crippen molar-refractivity contribution in [3.63, 3.8) is 0 Å². The lowest BCUT2D eigenvalue weighted by molar-refractivity contribution is -0.110. The average Bonchev–Trinajstić information content (AvgIpc) is 2.62. The fourth-order valence-electron chi connectivity index (χ4n) is 3.94. The smallest absolute Gasteiger partial charge is 0.410 e. The summed E-state index contributed by atoms with van der Waals surface area (Å²) in [5.41, 5.74) is 0.504.